The van der Waals surface area contributed by atoms with Crippen molar-refractivity contribution < 1.29 is 9.53 Å². The van der Waals surface area contributed by atoms with Gasteiger partial charge in [-0.15, -0.1) is 11.3 Å². The lowest BCUT2D eigenvalue weighted by Crippen LogP contribution is -2.29. The predicted octanol–water partition coefficient (Wildman–Crippen LogP) is 4.31. The zero-order valence-electron chi connectivity index (χ0n) is 17.9. The van der Waals surface area contributed by atoms with Gasteiger partial charge in [-0.3, -0.25) is 9.48 Å². The standard InChI is InChI=1S/C23H28N4O2S/c1-16(13-27-18(3)11-17(2)26-27)12-24-23(28)10-7-20-5-8-22(9-6-20)29-14-21-15-30-19(4)25-21/h5-11,15-16H,12-14H2,1-4H3,(H,24,28)/b10-7+. The van der Waals surface area contributed by atoms with E-state index in [1.54, 1.807) is 23.5 Å². The molecule has 1 aromatic carbocycles. The lowest BCUT2D eigenvalue weighted by atomic mass is 10.1. The predicted molar refractivity (Wildman–Crippen MR) is 121 cm³/mol. The van der Waals surface area contributed by atoms with Crippen LogP contribution >= 0.6 is 11.3 Å². The number of thiazole rings is 1. The van der Waals surface area contributed by atoms with Gasteiger partial charge in [0.2, 0.25) is 5.91 Å². The average Bonchev–Trinajstić information content (AvgIpc) is 3.28. The Hall–Kier alpha value is -2.93. The van der Waals surface area contributed by atoms with Gasteiger partial charge in [-0.25, -0.2) is 4.98 Å². The first kappa shape index (κ1) is 21.8. The summed E-state index contributed by atoms with van der Waals surface area (Å²) in [5.74, 6) is 0.966. The molecule has 0 radical (unpaired) electrons. The van der Waals surface area contributed by atoms with Gasteiger partial charge >= 0.3 is 0 Å². The molecule has 7 heteroatoms. The van der Waals surface area contributed by atoms with Crippen molar-refractivity contribution in [2.75, 3.05) is 6.54 Å². The van der Waals surface area contributed by atoms with Crippen LogP contribution in [0.4, 0.5) is 0 Å². The summed E-state index contributed by atoms with van der Waals surface area (Å²) in [5.41, 5.74) is 4.03. The number of ether oxygens (including phenoxy) is 1. The molecule has 2 aromatic heterocycles. The average molecular weight is 425 g/mol. The molecule has 1 amide bonds. The number of carbonyl (C=O) groups is 1. The van der Waals surface area contributed by atoms with E-state index in [1.165, 1.54) is 0 Å². The van der Waals surface area contributed by atoms with Crippen LogP contribution in [0.15, 0.2) is 41.8 Å². The number of nitrogens with zero attached hydrogens (tertiary/aromatic N) is 3. The van der Waals surface area contributed by atoms with Crippen molar-refractivity contribution in [1.29, 1.82) is 0 Å². The van der Waals surface area contributed by atoms with Crippen LogP contribution in [0.5, 0.6) is 5.75 Å². The molecule has 1 unspecified atom stereocenters. The summed E-state index contributed by atoms with van der Waals surface area (Å²) in [7, 11) is 0. The van der Waals surface area contributed by atoms with Crippen LogP contribution in [0.2, 0.25) is 0 Å². The Labute approximate surface area is 181 Å². The van der Waals surface area contributed by atoms with Crippen molar-refractivity contribution in [2.45, 2.75) is 40.8 Å². The van der Waals surface area contributed by atoms with Crippen LogP contribution < -0.4 is 10.1 Å². The first-order chi connectivity index (χ1) is 14.4. The highest BCUT2D eigenvalue weighted by Crippen LogP contribution is 2.16. The fraction of sp³-hybridized carbons (Fsp3) is 0.348. The third-order valence-electron chi connectivity index (χ3n) is 4.57. The maximum atomic E-state index is 12.1. The van der Waals surface area contributed by atoms with Gasteiger partial charge in [-0.05, 0) is 56.5 Å². The van der Waals surface area contributed by atoms with Gasteiger partial charge in [-0.1, -0.05) is 19.1 Å². The quantitative estimate of drug-likeness (QED) is 0.520. The van der Waals surface area contributed by atoms with E-state index in [0.717, 1.165) is 39.9 Å². The van der Waals surface area contributed by atoms with Crippen molar-refractivity contribution >= 4 is 23.3 Å². The Morgan fingerprint density at radius 2 is 2.03 bits per heavy atom. The highest BCUT2D eigenvalue weighted by molar-refractivity contribution is 7.09. The number of nitrogens with one attached hydrogen (secondary N) is 1. The molecule has 158 valence electrons. The number of hydrogen-bond acceptors (Lipinski definition) is 5. The van der Waals surface area contributed by atoms with E-state index in [0.29, 0.717) is 19.1 Å². The van der Waals surface area contributed by atoms with E-state index >= 15 is 0 Å². The number of amides is 1. The topological polar surface area (TPSA) is 69.0 Å². The van der Waals surface area contributed by atoms with E-state index < -0.39 is 0 Å². The zero-order chi connectivity index (χ0) is 21.5. The van der Waals surface area contributed by atoms with Gasteiger partial charge in [-0.2, -0.15) is 5.10 Å². The molecular weight excluding hydrogens is 396 g/mol. The highest BCUT2D eigenvalue weighted by Gasteiger charge is 2.08. The van der Waals surface area contributed by atoms with Gasteiger partial charge in [0.1, 0.15) is 12.4 Å². The molecule has 2 heterocycles. The summed E-state index contributed by atoms with van der Waals surface area (Å²) in [6, 6.07) is 9.71. The number of rotatable bonds is 9. The van der Waals surface area contributed by atoms with Crippen molar-refractivity contribution in [3.63, 3.8) is 0 Å². The minimum atomic E-state index is -0.102. The van der Waals surface area contributed by atoms with Crippen LogP contribution in [-0.4, -0.2) is 27.2 Å². The number of aryl methyl sites for hydroxylation is 3. The van der Waals surface area contributed by atoms with Crippen LogP contribution in [-0.2, 0) is 17.9 Å². The third-order valence-corrected chi connectivity index (χ3v) is 5.40. The van der Waals surface area contributed by atoms with Crippen LogP contribution in [0.3, 0.4) is 0 Å². The Kier molecular flexibility index (Phi) is 7.41. The monoisotopic (exact) mass is 424 g/mol. The van der Waals surface area contributed by atoms with Crippen LogP contribution in [0.25, 0.3) is 6.08 Å². The molecule has 3 rings (SSSR count). The van der Waals surface area contributed by atoms with Crippen molar-refractivity contribution in [2.24, 2.45) is 5.92 Å². The normalized spacial score (nSPS) is 12.3. The Bertz CT molecular complexity index is 1000. The van der Waals surface area contributed by atoms with Gasteiger partial charge in [0.25, 0.3) is 0 Å². The molecule has 1 atom stereocenters. The summed E-state index contributed by atoms with van der Waals surface area (Å²) in [5, 5.41) is 10.5. The zero-order valence-corrected chi connectivity index (χ0v) is 18.7. The van der Waals surface area contributed by atoms with Crippen molar-refractivity contribution in [3.8, 4) is 5.75 Å². The first-order valence-corrected chi connectivity index (χ1v) is 10.9. The van der Waals surface area contributed by atoms with Crippen LogP contribution in [0, 0.1) is 26.7 Å². The van der Waals surface area contributed by atoms with E-state index in [1.807, 2.05) is 55.1 Å². The fourth-order valence-electron chi connectivity index (χ4n) is 3.03. The summed E-state index contributed by atoms with van der Waals surface area (Å²) in [6.07, 6.45) is 3.36. The Balaban J connectivity index is 1.42. The number of carbonyl (C=O) groups excluding carboxylic acids is 1. The second-order valence-corrected chi connectivity index (χ2v) is 8.57. The van der Waals surface area contributed by atoms with Crippen LogP contribution in [0.1, 0.15) is 34.6 Å². The summed E-state index contributed by atoms with van der Waals surface area (Å²) in [4.78, 5) is 16.5. The summed E-state index contributed by atoms with van der Waals surface area (Å²) >= 11 is 1.62. The minimum absolute atomic E-state index is 0.102. The van der Waals surface area contributed by atoms with Gasteiger partial charge < -0.3 is 10.1 Å². The van der Waals surface area contributed by atoms with E-state index in [4.69, 9.17) is 4.74 Å². The molecule has 0 aliphatic heterocycles. The Morgan fingerprint density at radius 1 is 1.27 bits per heavy atom. The third kappa shape index (κ3) is 6.56. The van der Waals surface area contributed by atoms with Gasteiger partial charge in [0, 0.05) is 30.2 Å². The van der Waals surface area contributed by atoms with Gasteiger partial charge in [0.15, 0.2) is 0 Å². The number of benzene rings is 1. The molecule has 0 saturated carbocycles. The van der Waals surface area contributed by atoms with E-state index in [-0.39, 0.29) is 5.91 Å². The molecule has 0 fully saturated rings. The molecule has 0 spiro atoms. The second-order valence-electron chi connectivity index (χ2n) is 7.51. The largest absolute Gasteiger partial charge is 0.487 e. The second kappa shape index (κ2) is 10.2. The van der Waals surface area contributed by atoms with E-state index in [9.17, 15) is 4.79 Å². The lowest BCUT2D eigenvalue weighted by Gasteiger charge is -2.13. The Morgan fingerprint density at radius 3 is 2.67 bits per heavy atom. The lowest BCUT2D eigenvalue weighted by molar-refractivity contribution is -0.116. The van der Waals surface area contributed by atoms with Gasteiger partial charge in [0.05, 0.1) is 16.4 Å². The molecule has 30 heavy (non-hydrogen) atoms. The summed E-state index contributed by atoms with van der Waals surface area (Å²) in [6.45, 7) is 9.96. The molecule has 0 bridgehead atoms. The maximum Gasteiger partial charge on any atom is 0.244 e. The number of aromatic nitrogens is 3. The minimum Gasteiger partial charge on any atom is -0.487 e. The maximum absolute atomic E-state index is 12.1. The summed E-state index contributed by atoms with van der Waals surface area (Å²) < 4.78 is 7.73. The molecule has 0 aliphatic rings. The van der Waals surface area contributed by atoms with E-state index in [2.05, 4.69) is 28.4 Å². The molecule has 6 nitrogen and oxygen atoms in total. The SMILES string of the molecule is Cc1cc(C)n(CC(C)CNC(=O)/C=C/c2ccc(OCc3csc(C)n3)cc2)n1. The van der Waals surface area contributed by atoms with Crippen molar-refractivity contribution in [1.82, 2.24) is 20.1 Å². The first-order valence-electron chi connectivity index (χ1n) is 10.00. The molecule has 0 aliphatic carbocycles. The smallest absolute Gasteiger partial charge is 0.244 e. The molecular formula is C23H28N4O2S. The molecule has 0 saturated heterocycles. The molecule has 3 aromatic rings. The highest BCUT2D eigenvalue weighted by atomic mass is 32.1. The van der Waals surface area contributed by atoms with Crippen molar-refractivity contribution in [3.05, 3.63) is 69.4 Å². The number of hydrogen-bond donors (Lipinski definition) is 1. The fourth-order valence-corrected chi connectivity index (χ4v) is 3.63. The molecule has 1 N–H and O–H groups in total.